The predicted molar refractivity (Wildman–Crippen MR) is 113 cm³/mol. The van der Waals surface area contributed by atoms with Gasteiger partial charge in [-0.25, -0.2) is 8.42 Å². The van der Waals surface area contributed by atoms with Crippen LogP contribution >= 0.6 is 15.9 Å². The fourth-order valence-electron chi connectivity index (χ4n) is 3.39. The molecule has 0 N–H and O–H groups in total. The lowest BCUT2D eigenvalue weighted by molar-refractivity contribution is 0.0698. The number of carbonyl (C=O) groups excluding carboxylic acids is 1. The van der Waals surface area contributed by atoms with E-state index in [-0.39, 0.29) is 23.9 Å². The number of hydrogen-bond donors (Lipinski definition) is 0. The van der Waals surface area contributed by atoms with Crippen LogP contribution in [0, 0.1) is 0 Å². The molecule has 1 saturated heterocycles. The molecule has 0 spiro atoms. The Balaban J connectivity index is 1.47. The number of fused-ring (bicyclic) bond motifs is 1. The van der Waals surface area contributed by atoms with Gasteiger partial charge < -0.3 is 4.90 Å². The van der Waals surface area contributed by atoms with E-state index in [0.717, 1.165) is 15.2 Å². The van der Waals surface area contributed by atoms with Crippen LogP contribution in [0.15, 0.2) is 76.1 Å². The molecular weight excluding hydrogens is 440 g/mol. The number of amides is 1. The summed E-state index contributed by atoms with van der Waals surface area (Å²) in [6.45, 7) is 1.33. The van der Waals surface area contributed by atoms with Crippen molar-refractivity contribution < 1.29 is 13.2 Å². The lowest BCUT2D eigenvalue weighted by Crippen LogP contribution is -2.50. The average molecular weight is 459 g/mol. The Morgan fingerprint density at radius 1 is 0.821 bits per heavy atom. The van der Waals surface area contributed by atoms with Gasteiger partial charge in [0.25, 0.3) is 5.91 Å². The van der Waals surface area contributed by atoms with Crippen LogP contribution in [0.5, 0.6) is 0 Å². The molecule has 0 bridgehead atoms. The molecular formula is C21H19BrN2O3S. The number of hydrogen-bond acceptors (Lipinski definition) is 3. The first kappa shape index (κ1) is 19.1. The number of piperazine rings is 1. The molecule has 0 aliphatic carbocycles. The largest absolute Gasteiger partial charge is 0.336 e. The highest BCUT2D eigenvalue weighted by Gasteiger charge is 2.30. The maximum absolute atomic E-state index is 12.9. The molecule has 4 rings (SSSR count). The molecule has 0 aromatic heterocycles. The van der Waals surface area contributed by atoms with E-state index >= 15 is 0 Å². The smallest absolute Gasteiger partial charge is 0.253 e. The van der Waals surface area contributed by atoms with E-state index in [2.05, 4.69) is 15.9 Å². The van der Waals surface area contributed by atoms with E-state index in [1.54, 1.807) is 29.2 Å². The molecule has 0 atom stereocenters. The number of carbonyl (C=O) groups is 1. The molecule has 1 aliphatic rings. The van der Waals surface area contributed by atoms with E-state index in [0.29, 0.717) is 18.7 Å². The molecule has 1 fully saturated rings. The van der Waals surface area contributed by atoms with Crippen LogP contribution in [0.25, 0.3) is 10.8 Å². The van der Waals surface area contributed by atoms with Gasteiger partial charge in [0.2, 0.25) is 10.0 Å². The second kappa shape index (κ2) is 7.66. The zero-order chi connectivity index (χ0) is 19.7. The van der Waals surface area contributed by atoms with Gasteiger partial charge in [-0.2, -0.15) is 4.31 Å². The Morgan fingerprint density at radius 3 is 2.14 bits per heavy atom. The molecule has 28 heavy (non-hydrogen) atoms. The van der Waals surface area contributed by atoms with E-state index in [1.165, 1.54) is 4.31 Å². The second-order valence-electron chi connectivity index (χ2n) is 6.71. The highest BCUT2D eigenvalue weighted by atomic mass is 79.9. The lowest BCUT2D eigenvalue weighted by Gasteiger charge is -2.34. The van der Waals surface area contributed by atoms with Gasteiger partial charge in [-0.15, -0.1) is 0 Å². The molecule has 3 aromatic rings. The fourth-order valence-corrected chi connectivity index (χ4v) is 5.08. The van der Waals surface area contributed by atoms with Crippen LogP contribution < -0.4 is 0 Å². The maximum Gasteiger partial charge on any atom is 0.253 e. The number of sulfonamides is 1. The molecule has 7 heteroatoms. The van der Waals surface area contributed by atoms with Crippen molar-refractivity contribution in [1.82, 2.24) is 9.21 Å². The van der Waals surface area contributed by atoms with Crippen molar-refractivity contribution in [3.05, 3.63) is 76.8 Å². The topological polar surface area (TPSA) is 57.7 Å². The number of nitrogens with zero attached hydrogens (tertiary/aromatic N) is 2. The fraction of sp³-hybridized carbons (Fsp3) is 0.190. The number of benzene rings is 3. The Labute approximate surface area is 172 Å². The second-order valence-corrected chi connectivity index (χ2v) is 9.57. The van der Waals surface area contributed by atoms with Gasteiger partial charge in [0, 0.05) is 36.2 Å². The minimum atomic E-state index is -3.55. The van der Waals surface area contributed by atoms with Gasteiger partial charge in [0.1, 0.15) is 0 Å². The van der Waals surface area contributed by atoms with Crippen molar-refractivity contribution in [2.24, 2.45) is 0 Å². The third-order valence-electron chi connectivity index (χ3n) is 4.97. The molecule has 0 unspecified atom stereocenters. The van der Waals surface area contributed by atoms with Crippen LogP contribution in [0.2, 0.25) is 0 Å². The molecule has 144 valence electrons. The molecule has 1 aliphatic heterocycles. The lowest BCUT2D eigenvalue weighted by atomic mass is 10.1. The Morgan fingerprint density at radius 2 is 1.46 bits per heavy atom. The van der Waals surface area contributed by atoms with E-state index in [9.17, 15) is 13.2 Å². The molecule has 1 heterocycles. The van der Waals surface area contributed by atoms with Crippen LogP contribution in [0.3, 0.4) is 0 Å². The van der Waals surface area contributed by atoms with E-state index in [4.69, 9.17) is 0 Å². The summed E-state index contributed by atoms with van der Waals surface area (Å²) in [5.41, 5.74) is 0.628. The van der Waals surface area contributed by atoms with E-state index in [1.807, 2.05) is 42.5 Å². The Hall–Kier alpha value is -2.22. The minimum Gasteiger partial charge on any atom is -0.336 e. The molecule has 0 saturated carbocycles. The zero-order valence-electron chi connectivity index (χ0n) is 15.1. The third kappa shape index (κ3) is 3.70. The van der Waals surface area contributed by atoms with Gasteiger partial charge in [0.15, 0.2) is 0 Å². The minimum absolute atomic E-state index is 0.0635. The van der Waals surface area contributed by atoms with Crippen LogP contribution in [-0.4, -0.2) is 49.7 Å². The maximum atomic E-state index is 12.9. The monoisotopic (exact) mass is 458 g/mol. The predicted octanol–water partition coefficient (Wildman–Crippen LogP) is 3.75. The summed E-state index contributed by atoms with van der Waals surface area (Å²) in [5, 5.41) is 2.11. The van der Waals surface area contributed by atoms with Crippen molar-refractivity contribution in [2.75, 3.05) is 26.2 Å². The third-order valence-corrected chi connectivity index (χ3v) is 7.42. The molecule has 3 aromatic carbocycles. The zero-order valence-corrected chi connectivity index (χ0v) is 17.5. The van der Waals surface area contributed by atoms with Crippen LogP contribution in [-0.2, 0) is 10.0 Å². The van der Waals surface area contributed by atoms with Crippen LogP contribution in [0.4, 0.5) is 0 Å². The van der Waals surface area contributed by atoms with Crippen LogP contribution in [0.1, 0.15) is 10.4 Å². The highest BCUT2D eigenvalue weighted by molar-refractivity contribution is 9.10. The quantitative estimate of drug-likeness (QED) is 0.600. The number of halogens is 1. The van der Waals surface area contributed by atoms with Crippen molar-refractivity contribution in [2.45, 2.75) is 4.90 Å². The van der Waals surface area contributed by atoms with Gasteiger partial charge in [-0.05, 0) is 47.2 Å². The van der Waals surface area contributed by atoms with Gasteiger partial charge in [-0.3, -0.25) is 4.79 Å². The first-order chi connectivity index (χ1) is 13.4. The van der Waals surface area contributed by atoms with Gasteiger partial charge in [0.05, 0.1) is 4.90 Å². The van der Waals surface area contributed by atoms with Gasteiger partial charge >= 0.3 is 0 Å². The van der Waals surface area contributed by atoms with E-state index < -0.39 is 10.0 Å². The summed E-state index contributed by atoms with van der Waals surface area (Å²) in [6.07, 6.45) is 0. The summed E-state index contributed by atoms with van der Waals surface area (Å²) >= 11 is 3.32. The highest BCUT2D eigenvalue weighted by Crippen LogP contribution is 2.21. The summed E-state index contributed by atoms with van der Waals surface area (Å²) in [6, 6.07) is 20.2. The van der Waals surface area contributed by atoms with Gasteiger partial charge in [-0.1, -0.05) is 46.3 Å². The first-order valence-electron chi connectivity index (χ1n) is 8.99. The summed E-state index contributed by atoms with van der Waals surface area (Å²) in [5.74, 6) is -0.0635. The molecule has 1 amide bonds. The van der Waals surface area contributed by atoms with Crippen molar-refractivity contribution in [3.8, 4) is 0 Å². The molecule has 0 radical (unpaired) electrons. The Kier molecular flexibility index (Phi) is 5.23. The van der Waals surface area contributed by atoms with Crippen molar-refractivity contribution in [3.63, 3.8) is 0 Å². The average Bonchev–Trinajstić information content (AvgIpc) is 2.73. The Bertz CT molecular complexity index is 1120. The molecule has 5 nitrogen and oxygen atoms in total. The first-order valence-corrected chi connectivity index (χ1v) is 11.2. The number of rotatable bonds is 3. The standard InChI is InChI=1S/C21H19BrN2O3S/c22-19-7-9-20(10-8-19)28(26,27)24-13-11-23(12-14-24)21(25)18-6-5-16-3-1-2-4-17(16)15-18/h1-10,15H,11-14H2. The summed E-state index contributed by atoms with van der Waals surface area (Å²) < 4.78 is 27.9. The van der Waals surface area contributed by atoms with Crippen molar-refractivity contribution in [1.29, 1.82) is 0 Å². The van der Waals surface area contributed by atoms with Crippen molar-refractivity contribution >= 4 is 42.6 Å². The normalized spacial score (nSPS) is 15.7. The SMILES string of the molecule is O=C(c1ccc2ccccc2c1)N1CCN(S(=O)(=O)c2ccc(Br)cc2)CC1. The summed E-state index contributed by atoms with van der Waals surface area (Å²) in [4.78, 5) is 14.8. The summed E-state index contributed by atoms with van der Waals surface area (Å²) in [7, 11) is -3.55.